The molecule has 0 bridgehead atoms. The van der Waals surface area contributed by atoms with Gasteiger partial charge in [-0.3, -0.25) is 14.4 Å². The van der Waals surface area contributed by atoms with Gasteiger partial charge in [0, 0.05) is 13.0 Å². The van der Waals surface area contributed by atoms with Crippen LogP contribution in [0.2, 0.25) is 0 Å². The van der Waals surface area contributed by atoms with Crippen molar-refractivity contribution in [3.63, 3.8) is 0 Å². The number of ether oxygens (including phenoxy) is 1. The number of amides is 5. The highest BCUT2D eigenvalue weighted by molar-refractivity contribution is 6.45. The highest BCUT2D eigenvalue weighted by atomic mass is 16.5. The average Bonchev–Trinajstić information content (AvgIpc) is 3.03. The highest BCUT2D eigenvalue weighted by Crippen LogP contribution is 2.23. The lowest BCUT2D eigenvalue weighted by atomic mass is 10.1. The summed E-state index contributed by atoms with van der Waals surface area (Å²) in [5, 5.41) is 30.1. The Labute approximate surface area is 204 Å². The third-order valence-electron chi connectivity index (χ3n) is 5.24. The fourth-order valence-corrected chi connectivity index (χ4v) is 3.46. The summed E-state index contributed by atoms with van der Waals surface area (Å²) < 4.78 is 5.03. The molecule has 1 aliphatic heterocycles. The van der Waals surface area contributed by atoms with Crippen molar-refractivity contribution in [3.05, 3.63) is 35.9 Å². The molecule has 1 unspecified atom stereocenters. The summed E-state index contributed by atoms with van der Waals surface area (Å²) in [7, 11) is 0. The van der Waals surface area contributed by atoms with Crippen LogP contribution in [0, 0.1) is 0 Å². The minimum Gasteiger partial charge on any atom is -0.481 e. The Morgan fingerprint density at radius 3 is 1.92 bits per heavy atom. The van der Waals surface area contributed by atoms with Gasteiger partial charge >= 0.3 is 41.8 Å². The molecule has 0 aromatic heterocycles. The molecule has 14 nitrogen and oxygen atoms in total. The SMILES string of the molecule is O=C(O)CC[C@@H](C(=O)O)N1C(=O)C(=O)N(C(CCCCNC(=O)OCc2ccccc2)C(=O)O)C1=O. The number of benzene rings is 1. The van der Waals surface area contributed by atoms with Gasteiger partial charge in [-0.15, -0.1) is 0 Å². The molecule has 1 aromatic rings. The van der Waals surface area contributed by atoms with E-state index in [1.807, 2.05) is 6.07 Å². The zero-order valence-electron chi connectivity index (χ0n) is 19.0. The molecule has 4 N–H and O–H groups in total. The number of imide groups is 2. The van der Waals surface area contributed by atoms with E-state index in [1.165, 1.54) is 0 Å². The number of carboxylic acids is 3. The van der Waals surface area contributed by atoms with E-state index in [1.54, 1.807) is 24.3 Å². The number of carboxylic acid groups (broad SMARTS) is 3. The second-order valence-corrected chi connectivity index (χ2v) is 7.76. The Morgan fingerprint density at radius 2 is 1.39 bits per heavy atom. The van der Waals surface area contributed by atoms with Crippen LogP contribution in [0.1, 0.15) is 37.7 Å². The van der Waals surface area contributed by atoms with E-state index in [9.17, 15) is 43.8 Å². The lowest BCUT2D eigenvalue weighted by Gasteiger charge is -2.24. The number of carbonyl (C=O) groups excluding carboxylic acids is 4. The summed E-state index contributed by atoms with van der Waals surface area (Å²) in [4.78, 5) is 83.4. The molecule has 14 heteroatoms. The predicted octanol–water partition coefficient (Wildman–Crippen LogP) is 0.645. The number of nitrogens with one attached hydrogen (secondary N) is 1. The minimum absolute atomic E-state index is 0.0568. The van der Waals surface area contributed by atoms with Crippen LogP contribution in [0.5, 0.6) is 0 Å². The third kappa shape index (κ3) is 7.25. The van der Waals surface area contributed by atoms with Crippen molar-refractivity contribution in [2.24, 2.45) is 0 Å². The normalized spacial score (nSPS) is 14.9. The Balaban J connectivity index is 1.91. The van der Waals surface area contributed by atoms with Crippen LogP contribution in [-0.4, -0.2) is 85.6 Å². The second kappa shape index (κ2) is 12.8. The van der Waals surface area contributed by atoms with Crippen LogP contribution < -0.4 is 5.32 Å². The number of carbonyl (C=O) groups is 7. The van der Waals surface area contributed by atoms with Gasteiger partial charge in [0.1, 0.15) is 18.7 Å². The second-order valence-electron chi connectivity index (χ2n) is 7.76. The van der Waals surface area contributed by atoms with Crippen LogP contribution >= 0.6 is 0 Å². The molecule has 1 aromatic carbocycles. The average molecular weight is 507 g/mol. The zero-order valence-corrected chi connectivity index (χ0v) is 19.0. The Kier molecular flexibility index (Phi) is 9.89. The van der Waals surface area contributed by atoms with Gasteiger partial charge in [-0.1, -0.05) is 30.3 Å². The van der Waals surface area contributed by atoms with Crippen molar-refractivity contribution in [1.29, 1.82) is 0 Å². The number of nitrogens with zero attached hydrogens (tertiary/aromatic N) is 2. The van der Waals surface area contributed by atoms with Crippen LogP contribution in [0.4, 0.5) is 9.59 Å². The van der Waals surface area contributed by atoms with Crippen molar-refractivity contribution >= 4 is 41.8 Å². The van der Waals surface area contributed by atoms with Crippen molar-refractivity contribution in [2.75, 3.05) is 6.54 Å². The van der Waals surface area contributed by atoms with Gasteiger partial charge in [-0.2, -0.15) is 0 Å². The van der Waals surface area contributed by atoms with Gasteiger partial charge < -0.3 is 25.4 Å². The number of aliphatic carboxylic acids is 3. The molecule has 194 valence electrons. The van der Waals surface area contributed by atoms with Crippen molar-refractivity contribution < 1.29 is 53.6 Å². The maximum Gasteiger partial charge on any atom is 0.407 e. The molecule has 1 heterocycles. The zero-order chi connectivity index (χ0) is 26.8. The fraction of sp³-hybridized carbons (Fsp3) is 0.409. The summed E-state index contributed by atoms with van der Waals surface area (Å²) >= 11 is 0. The summed E-state index contributed by atoms with van der Waals surface area (Å²) in [6.45, 7) is 0.157. The van der Waals surface area contributed by atoms with Crippen LogP contribution in [0.3, 0.4) is 0 Å². The summed E-state index contributed by atoms with van der Waals surface area (Å²) in [6.07, 6.45) is -1.97. The molecule has 1 aliphatic rings. The quantitative estimate of drug-likeness (QED) is 0.156. The maximum atomic E-state index is 12.7. The fourth-order valence-electron chi connectivity index (χ4n) is 3.46. The van der Waals surface area contributed by atoms with E-state index in [4.69, 9.17) is 9.84 Å². The van der Waals surface area contributed by atoms with Gasteiger partial charge in [0.05, 0.1) is 0 Å². The van der Waals surface area contributed by atoms with Gasteiger partial charge in [-0.05, 0) is 31.2 Å². The van der Waals surface area contributed by atoms with Crippen LogP contribution in [0.15, 0.2) is 30.3 Å². The Morgan fingerprint density at radius 1 is 0.833 bits per heavy atom. The van der Waals surface area contributed by atoms with Crippen molar-refractivity contribution in [2.45, 2.75) is 50.8 Å². The molecule has 0 radical (unpaired) electrons. The van der Waals surface area contributed by atoms with Gasteiger partial charge in [0.15, 0.2) is 0 Å². The van der Waals surface area contributed by atoms with E-state index in [0.29, 0.717) is 0 Å². The smallest absolute Gasteiger partial charge is 0.407 e. The first-order valence-electron chi connectivity index (χ1n) is 10.9. The van der Waals surface area contributed by atoms with E-state index < -0.39 is 66.8 Å². The van der Waals surface area contributed by atoms with Gasteiger partial charge in [0.25, 0.3) is 0 Å². The molecular weight excluding hydrogens is 482 g/mol. The number of urea groups is 1. The summed E-state index contributed by atoms with van der Waals surface area (Å²) in [5.74, 6) is -7.77. The van der Waals surface area contributed by atoms with Gasteiger partial charge in [-0.25, -0.2) is 29.0 Å². The summed E-state index contributed by atoms with van der Waals surface area (Å²) in [5.41, 5.74) is 0.786. The van der Waals surface area contributed by atoms with E-state index >= 15 is 0 Å². The Bertz CT molecular complexity index is 1030. The minimum atomic E-state index is -1.95. The standard InChI is InChI=1S/C22H25N3O11/c26-16(27)10-9-15(20(32)33)25-18(29)17(28)24(22(25)35)14(19(30)31)8-4-5-11-23-21(34)36-12-13-6-2-1-3-7-13/h1-3,6-7,14-15H,4-5,8-12H2,(H,23,34)(H,26,27)(H,30,31)(H,32,33)/t14?,15-/m0/s1. The maximum absolute atomic E-state index is 12.7. The van der Waals surface area contributed by atoms with Crippen LogP contribution in [0.25, 0.3) is 0 Å². The number of hydrogen-bond acceptors (Lipinski definition) is 8. The number of hydrogen-bond donors (Lipinski definition) is 4. The molecule has 2 atom stereocenters. The highest BCUT2D eigenvalue weighted by Gasteiger charge is 2.53. The number of rotatable bonds is 14. The molecule has 1 saturated heterocycles. The molecular formula is C22H25N3O11. The largest absolute Gasteiger partial charge is 0.481 e. The predicted molar refractivity (Wildman–Crippen MR) is 117 cm³/mol. The van der Waals surface area contributed by atoms with Gasteiger partial charge in [0.2, 0.25) is 0 Å². The Hall–Kier alpha value is -4.49. The molecule has 0 saturated carbocycles. The van der Waals surface area contributed by atoms with E-state index in [2.05, 4.69) is 5.32 Å². The van der Waals surface area contributed by atoms with E-state index in [0.717, 1.165) is 5.56 Å². The topological polar surface area (TPSA) is 208 Å². The van der Waals surface area contributed by atoms with Crippen molar-refractivity contribution in [1.82, 2.24) is 15.1 Å². The van der Waals surface area contributed by atoms with E-state index in [-0.39, 0.29) is 42.2 Å². The first-order chi connectivity index (χ1) is 17.0. The van der Waals surface area contributed by atoms with Crippen molar-refractivity contribution in [3.8, 4) is 0 Å². The molecule has 2 rings (SSSR count). The molecule has 0 spiro atoms. The summed E-state index contributed by atoms with van der Waals surface area (Å²) in [6, 6.07) is 3.78. The number of unbranched alkanes of at least 4 members (excludes halogenated alkanes) is 1. The molecule has 36 heavy (non-hydrogen) atoms. The third-order valence-corrected chi connectivity index (χ3v) is 5.24. The first kappa shape index (κ1) is 27.8. The molecule has 1 fully saturated rings. The lowest BCUT2D eigenvalue weighted by Crippen LogP contribution is -2.49. The monoisotopic (exact) mass is 507 g/mol. The lowest BCUT2D eigenvalue weighted by molar-refractivity contribution is -0.152. The number of alkyl carbamates (subject to hydrolysis) is 1. The molecule has 5 amide bonds. The first-order valence-corrected chi connectivity index (χ1v) is 10.9. The molecule has 0 aliphatic carbocycles. The van der Waals surface area contributed by atoms with Crippen LogP contribution in [-0.2, 0) is 35.3 Å².